The molecule has 0 spiro atoms. The Kier molecular flexibility index (Phi) is 3.06. The molecule has 0 fully saturated rings. The van der Waals surface area contributed by atoms with Crippen molar-refractivity contribution < 1.29 is 14.5 Å². The molecule has 7 heteroatoms. The van der Waals surface area contributed by atoms with Gasteiger partial charge in [-0.3, -0.25) is 14.9 Å². The van der Waals surface area contributed by atoms with Gasteiger partial charge in [-0.25, -0.2) is 0 Å². The van der Waals surface area contributed by atoms with Crippen LogP contribution in [0, 0.1) is 10.1 Å². The van der Waals surface area contributed by atoms with E-state index in [1.165, 1.54) is 18.3 Å². The molecule has 1 aromatic rings. The van der Waals surface area contributed by atoms with Crippen molar-refractivity contribution >= 4 is 17.6 Å². The van der Waals surface area contributed by atoms with Crippen molar-refractivity contribution in [1.29, 1.82) is 0 Å². The second-order valence-electron chi connectivity index (χ2n) is 2.64. The van der Waals surface area contributed by atoms with E-state index in [-0.39, 0.29) is 5.56 Å². The summed E-state index contributed by atoms with van der Waals surface area (Å²) < 4.78 is 0. The van der Waals surface area contributed by atoms with E-state index >= 15 is 0 Å². The molecule has 0 saturated heterocycles. The Hall–Kier alpha value is -2.31. The fourth-order valence-electron chi connectivity index (χ4n) is 0.947. The molecular weight excluding hydrogens is 202 g/mol. The van der Waals surface area contributed by atoms with Crippen molar-refractivity contribution in [2.24, 2.45) is 0 Å². The van der Waals surface area contributed by atoms with Crippen LogP contribution in [0.3, 0.4) is 0 Å². The second-order valence-corrected chi connectivity index (χ2v) is 2.64. The minimum atomic E-state index is -0.831. The molecular formula is C8H7N3O4. The molecule has 0 unspecified atom stereocenters. The zero-order chi connectivity index (χ0) is 11.4. The summed E-state index contributed by atoms with van der Waals surface area (Å²) in [5, 5.41) is 12.4. The predicted octanol–water partition coefficient (Wildman–Crippen LogP) is 0.266. The van der Waals surface area contributed by atoms with Gasteiger partial charge in [0, 0.05) is 6.92 Å². The minimum absolute atomic E-state index is 0.238. The number of hydrogen-bond acceptors (Lipinski definition) is 5. The molecule has 1 rings (SSSR count). The molecule has 1 N–H and O–H groups in total. The average Bonchev–Trinajstić information content (AvgIpc) is 2.16. The number of carbonyl (C=O) groups excluding carboxylic acids is 2. The maximum Gasteiger partial charge on any atom is 0.376 e. The molecule has 78 valence electrons. The zero-order valence-corrected chi connectivity index (χ0v) is 7.76. The number of carbonyl (C=O) groups is 2. The average molecular weight is 209 g/mol. The molecule has 2 amide bonds. The fraction of sp³-hybridized carbons (Fsp3) is 0.125. The zero-order valence-electron chi connectivity index (χ0n) is 7.76. The highest BCUT2D eigenvalue weighted by molar-refractivity contribution is 6.05. The van der Waals surface area contributed by atoms with Crippen LogP contribution in [0.5, 0.6) is 0 Å². The molecule has 1 heterocycles. The van der Waals surface area contributed by atoms with Gasteiger partial charge in [0.1, 0.15) is 11.8 Å². The van der Waals surface area contributed by atoms with Gasteiger partial charge in [0.25, 0.3) is 5.91 Å². The van der Waals surface area contributed by atoms with E-state index < -0.39 is 22.6 Å². The van der Waals surface area contributed by atoms with Crippen LogP contribution in [0.15, 0.2) is 18.3 Å². The van der Waals surface area contributed by atoms with Gasteiger partial charge >= 0.3 is 5.82 Å². The maximum absolute atomic E-state index is 11.3. The van der Waals surface area contributed by atoms with Gasteiger partial charge in [0.15, 0.2) is 0 Å². The van der Waals surface area contributed by atoms with E-state index in [4.69, 9.17) is 0 Å². The fourth-order valence-corrected chi connectivity index (χ4v) is 0.947. The monoisotopic (exact) mass is 209 g/mol. The number of imide groups is 1. The van der Waals surface area contributed by atoms with Crippen LogP contribution in [0.25, 0.3) is 0 Å². The Morgan fingerprint density at radius 1 is 1.53 bits per heavy atom. The van der Waals surface area contributed by atoms with Crippen LogP contribution in [-0.2, 0) is 4.79 Å². The topological polar surface area (TPSA) is 102 Å². The predicted molar refractivity (Wildman–Crippen MR) is 49.0 cm³/mol. The summed E-state index contributed by atoms with van der Waals surface area (Å²) in [7, 11) is 0. The van der Waals surface area contributed by atoms with Gasteiger partial charge in [-0.1, -0.05) is 0 Å². The molecule has 15 heavy (non-hydrogen) atoms. The molecule has 7 nitrogen and oxygen atoms in total. The van der Waals surface area contributed by atoms with Crippen LogP contribution in [-0.4, -0.2) is 21.7 Å². The quantitative estimate of drug-likeness (QED) is 0.556. The summed E-state index contributed by atoms with van der Waals surface area (Å²) >= 11 is 0. The number of nitrogens with zero attached hydrogens (tertiary/aromatic N) is 2. The van der Waals surface area contributed by atoms with Gasteiger partial charge in [-0.2, -0.15) is 0 Å². The molecule has 0 radical (unpaired) electrons. The number of aromatic nitrogens is 1. The number of nitrogens with one attached hydrogen (secondary N) is 1. The highest BCUT2D eigenvalue weighted by Crippen LogP contribution is 2.13. The summed E-state index contributed by atoms with van der Waals surface area (Å²) in [6.45, 7) is 1.14. The maximum atomic E-state index is 11.3. The van der Waals surface area contributed by atoms with Crippen LogP contribution in [0.4, 0.5) is 5.82 Å². The highest BCUT2D eigenvalue weighted by atomic mass is 16.6. The first-order valence-electron chi connectivity index (χ1n) is 3.93. The van der Waals surface area contributed by atoms with Crippen LogP contribution in [0.2, 0.25) is 0 Å². The Bertz CT molecular complexity index is 430. The van der Waals surface area contributed by atoms with E-state index in [2.05, 4.69) is 4.98 Å². The number of nitro groups is 1. The summed E-state index contributed by atoms with van der Waals surface area (Å²) in [5.41, 5.74) is -0.238. The van der Waals surface area contributed by atoms with Gasteiger partial charge in [0.2, 0.25) is 5.91 Å². The smallest absolute Gasteiger partial charge is 0.358 e. The number of hydrogen-bond donors (Lipinski definition) is 1. The van der Waals surface area contributed by atoms with E-state index in [0.29, 0.717) is 0 Å². The van der Waals surface area contributed by atoms with Crippen LogP contribution >= 0.6 is 0 Å². The third-order valence-corrected chi connectivity index (χ3v) is 1.49. The lowest BCUT2D eigenvalue weighted by atomic mass is 10.2. The van der Waals surface area contributed by atoms with E-state index in [9.17, 15) is 19.7 Å². The Balaban J connectivity index is 3.08. The summed E-state index contributed by atoms with van der Waals surface area (Å²) in [6.07, 6.45) is 1.20. The largest absolute Gasteiger partial charge is 0.376 e. The summed E-state index contributed by atoms with van der Waals surface area (Å²) in [6, 6.07) is 2.60. The first kappa shape index (κ1) is 10.8. The number of pyridine rings is 1. The highest BCUT2D eigenvalue weighted by Gasteiger charge is 2.21. The van der Waals surface area contributed by atoms with E-state index in [0.717, 1.165) is 6.92 Å². The minimum Gasteiger partial charge on any atom is -0.358 e. The summed E-state index contributed by atoms with van der Waals surface area (Å²) in [5.74, 6) is -1.99. The molecule has 0 atom stereocenters. The number of amides is 2. The molecule has 0 aliphatic heterocycles. The first-order valence-corrected chi connectivity index (χ1v) is 3.93. The van der Waals surface area contributed by atoms with Gasteiger partial charge in [-0.05, 0) is 22.0 Å². The normalized spacial score (nSPS) is 9.40. The van der Waals surface area contributed by atoms with Crippen molar-refractivity contribution in [3.63, 3.8) is 0 Å². The van der Waals surface area contributed by atoms with Gasteiger partial charge in [-0.15, -0.1) is 0 Å². The van der Waals surface area contributed by atoms with Crippen molar-refractivity contribution in [3.8, 4) is 0 Å². The second kappa shape index (κ2) is 4.27. The molecule has 0 aliphatic carbocycles. The standard InChI is InChI=1S/C8H7N3O4/c1-5(12)10-8(13)6-3-2-4-9-7(6)11(14)15/h2-4H,1H3,(H,10,12,13). The van der Waals surface area contributed by atoms with Gasteiger partial charge < -0.3 is 10.1 Å². The number of rotatable bonds is 2. The molecule has 0 saturated carbocycles. The van der Waals surface area contributed by atoms with Crippen LogP contribution < -0.4 is 5.32 Å². The third-order valence-electron chi connectivity index (χ3n) is 1.49. The van der Waals surface area contributed by atoms with Crippen molar-refractivity contribution in [2.75, 3.05) is 0 Å². The van der Waals surface area contributed by atoms with Gasteiger partial charge in [0.05, 0.1) is 0 Å². The Morgan fingerprint density at radius 2 is 2.20 bits per heavy atom. The van der Waals surface area contributed by atoms with Crippen molar-refractivity contribution in [2.45, 2.75) is 6.92 Å². The lowest BCUT2D eigenvalue weighted by molar-refractivity contribution is -0.389. The van der Waals surface area contributed by atoms with Crippen molar-refractivity contribution in [1.82, 2.24) is 10.3 Å². The third kappa shape index (κ3) is 2.56. The van der Waals surface area contributed by atoms with Crippen LogP contribution in [0.1, 0.15) is 17.3 Å². The van der Waals surface area contributed by atoms with Crippen molar-refractivity contribution in [3.05, 3.63) is 34.0 Å². The first-order chi connectivity index (χ1) is 7.02. The molecule has 0 aromatic carbocycles. The Labute approximate surface area is 84.3 Å². The molecule has 0 bridgehead atoms. The Morgan fingerprint density at radius 3 is 2.73 bits per heavy atom. The lowest BCUT2D eigenvalue weighted by Gasteiger charge is -2.00. The molecule has 0 aliphatic rings. The lowest BCUT2D eigenvalue weighted by Crippen LogP contribution is -2.28. The SMILES string of the molecule is CC(=O)NC(=O)c1cccnc1[N+](=O)[O-]. The summed E-state index contributed by atoms with van der Waals surface area (Å²) in [4.78, 5) is 35.0. The van der Waals surface area contributed by atoms with E-state index in [1.807, 2.05) is 5.32 Å². The molecule has 1 aromatic heterocycles. The van der Waals surface area contributed by atoms with E-state index in [1.54, 1.807) is 0 Å².